The van der Waals surface area contributed by atoms with Gasteiger partial charge in [0.1, 0.15) is 4.99 Å². The molecule has 20 heavy (non-hydrogen) atoms. The van der Waals surface area contributed by atoms with Crippen molar-refractivity contribution < 1.29 is 13.5 Å². The lowest BCUT2D eigenvalue weighted by Gasteiger charge is -2.22. The van der Waals surface area contributed by atoms with Gasteiger partial charge in [0.05, 0.1) is 17.3 Å². The highest BCUT2D eigenvalue weighted by Crippen LogP contribution is 2.13. The van der Waals surface area contributed by atoms with E-state index in [0.717, 1.165) is 0 Å². The van der Waals surface area contributed by atoms with Crippen molar-refractivity contribution in [2.45, 2.75) is 17.9 Å². The molecule has 0 aliphatic rings. The minimum atomic E-state index is -3.35. The number of hydrogen-bond acceptors (Lipinski definition) is 5. The number of thiocarbonyl (C=S) groups is 1. The van der Waals surface area contributed by atoms with Gasteiger partial charge in [0, 0.05) is 18.2 Å². The van der Waals surface area contributed by atoms with Gasteiger partial charge >= 0.3 is 0 Å². The first-order chi connectivity index (χ1) is 9.27. The van der Waals surface area contributed by atoms with Crippen molar-refractivity contribution in [3.8, 4) is 0 Å². The van der Waals surface area contributed by atoms with Gasteiger partial charge in [0.25, 0.3) is 0 Å². The summed E-state index contributed by atoms with van der Waals surface area (Å²) >= 11 is 4.82. The molecule has 1 aromatic carbocycles. The zero-order valence-electron chi connectivity index (χ0n) is 11.6. The highest BCUT2D eigenvalue weighted by Gasteiger charge is 2.17. The van der Waals surface area contributed by atoms with Crippen LogP contribution in [0.5, 0.6) is 0 Å². The predicted octanol–water partition coefficient (Wildman–Crippen LogP) is 0.407. The quantitative estimate of drug-likeness (QED) is 0.709. The summed E-state index contributed by atoms with van der Waals surface area (Å²) in [5.74, 6) is 0.000256. The standard InChI is InChI=1S/C13H20N2O3S2/c1-10(9-16)15(2)7-8-20(17,18)12-5-3-11(4-6-12)13(14)19/h3-6,10,16H,7-9H2,1-2H3,(H2,14,19). The number of sulfone groups is 1. The van der Waals surface area contributed by atoms with E-state index in [1.54, 1.807) is 24.1 Å². The van der Waals surface area contributed by atoms with Crippen molar-refractivity contribution in [3.63, 3.8) is 0 Å². The Balaban J connectivity index is 2.76. The summed E-state index contributed by atoms with van der Waals surface area (Å²) in [7, 11) is -1.56. The Morgan fingerprint density at radius 2 is 1.95 bits per heavy atom. The van der Waals surface area contributed by atoms with Crippen LogP contribution in [-0.2, 0) is 9.84 Å². The van der Waals surface area contributed by atoms with Gasteiger partial charge in [-0.2, -0.15) is 0 Å². The molecule has 0 spiro atoms. The zero-order chi connectivity index (χ0) is 15.3. The van der Waals surface area contributed by atoms with Crippen LogP contribution >= 0.6 is 12.2 Å². The minimum absolute atomic E-state index is 0.000256. The van der Waals surface area contributed by atoms with Crippen LogP contribution in [0, 0.1) is 0 Å². The normalized spacial score (nSPS) is 13.4. The molecule has 0 aliphatic heterocycles. The van der Waals surface area contributed by atoms with Crippen LogP contribution in [0.15, 0.2) is 29.2 Å². The molecular formula is C13H20N2O3S2. The molecule has 0 amide bonds. The lowest BCUT2D eigenvalue weighted by molar-refractivity contribution is 0.165. The van der Waals surface area contributed by atoms with Crippen LogP contribution < -0.4 is 5.73 Å². The van der Waals surface area contributed by atoms with Crippen LogP contribution in [0.2, 0.25) is 0 Å². The molecule has 3 N–H and O–H groups in total. The Morgan fingerprint density at radius 1 is 1.40 bits per heavy atom. The summed E-state index contributed by atoms with van der Waals surface area (Å²) in [5, 5.41) is 9.02. The van der Waals surface area contributed by atoms with Crippen molar-refractivity contribution >= 4 is 27.0 Å². The smallest absolute Gasteiger partial charge is 0.179 e. The molecule has 0 saturated heterocycles. The number of rotatable bonds is 7. The first kappa shape index (κ1) is 17.0. The van der Waals surface area contributed by atoms with E-state index in [0.29, 0.717) is 12.1 Å². The largest absolute Gasteiger partial charge is 0.395 e. The number of nitrogens with zero attached hydrogens (tertiary/aromatic N) is 1. The molecule has 0 fully saturated rings. The number of nitrogens with two attached hydrogens (primary N) is 1. The molecule has 0 bridgehead atoms. The molecule has 1 unspecified atom stereocenters. The molecule has 7 heteroatoms. The third-order valence-electron chi connectivity index (χ3n) is 3.23. The van der Waals surface area contributed by atoms with E-state index in [1.807, 2.05) is 6.92 Å². The molecule has 0 saturated carbocycles. The van der Waals surface area contributed by atoms with Crippen molar-refractivity contribution in [3.05, 3.63) is 29.8 Å². The van der Waals surface area contributed by atoms with Crippen molar-refractivity contribution in [1.29, 1.82) is 0 Å². The second kappa shape index (κ2) is 7.12. The average molecular weight is 316 g/mol. The number of likely N-dealkylation sites (N-methyl/N-ethyl adjacent to an activating group) is 1. The molecule has 1 aromatic rings. The van der Waals surface area contributed by atoms with Crippen LogP contribution in [0.1, 0.15) is 12.5 Å². The second-order valence-corrected chi connectivity index (χ2v) is 7.27. The lowest BCUT2D eigenvalue weighted by Crippen LogP contribution is -2.35. The monoisotopic (exact) mass is 316 g/mol. The van der Waals surface area contributed by atoms with Gasteiger partial charge in [-0.3, -0.25) is 0 Å². The molecule has 0 heterocycles. The Kier molecular flexibility index (Phi) is 6.07. The zero-order valence-corrected chi connectivity index (χ0v) is 13.2. The average Bonchev–Trinajstić information content (AvgIpc) is 2.44. The van der Waals surface area contributed by atoms with E-state index in [1.165, 1.54) is 12.1 Å². The lowest BCUT2D eigenvalue weighted by atomic mass is 10.2. The van der Waals surface area contributed by atoms with Crippen LogP contribution in [0.25, 0.3) is 0 Å². The van der Waals surface area contributed by atoms with Crippen LogP contribution in [-0.4, -0.2) is 55.4 Å². The Morgan fingerprint density at radius 3 is 2.40 bits per heavy atom. The Labute approximate surface area is 125 Å². The van der Waals surface area contributed by atoms with E-state index in [4.69, 9.17) is 23.1 Å². The van der Waals surface area contributed by atoms with E-state index >= 15 is 0 Å². The SMILES string of the molecule is CC(CO)N(C)CCS(=O)(=O)c1ccc(C(N)=S)cc1. The van der Waals surface area contributed by atoms with Gasteiger partial charge < -0.3 is 15.7 Å². The van der Waals surface area contributed by atoms with Gasteiger partial charge in [-0.1, -0.05) is 24.4 Å². The summed E-state index contributed by atoms with van der Waals surface area (Å²) in [6.45, 7) is 2.20. The predicted molar refractivity (Wildman–Crippen MR) is 83.6 cm³/mol. The number of aliphatic hydroxyl groups excluding tert-OH is 1. The first-order valence-corrected chi connectivity index (χ1v) is 8.27. The summed E-state index contributed by atoms with van der Waals surface area (Å²) in [4.78, 5) is 2.30. The maximum Gasteiger partial charge on any atom is 0.179 e. The second-order valence-electron chi connectivity index (χ2n) is 4.72. The summed E-state index contributed by atoms with van der Waals surface area (Å²) in [5.41, 5.74) is 6.12. The van der Waals surface area contributed by atoms with Gasteiger partial charge in [0.2, 0.25) is 0 Å². The fourth-order valence-electron chi connectivity index (χ4n) is 1.57. The third-order valence-corrected chi connectivity index (χ3v) is 5.17. The summed E-state index contributed by atoms with van der Waals surface area (Å²) in [6, 6.07) is 6.17. The molecule has 0 aromatic heterocycles. The number of aliphatic hydroxyl groups is 1. The number of hydrogen-bond donors (Lipinski definition) is 2. The van der Waals surface area contributed by atoms with Crippen LogP contribution in [0.4, 0.5) is 0 Å². The van der Waals surface area contributed by atoms with Crippen molar-refractivity contribution in [1.82, 2.24) is 4.90 Å². The minimum Gasteiger partial charge on any atom is -0.395 e. The Hall–Kier alpha value is -1.02. The van der Waals surface area contributed by atoms with Crippen molar-refractivity contribution in [2.75, 3.05) is 26.0 Å². The molecule has 1 rings (SSSR count). The molecular weight excluding hydrogens is 296 g/mol. The van der Waals surface area contributed by atoms with Gasteiger partial charge in [-0.05, 0) is 26.1 Å². The summed E-state index contributed by atoms with van der Waals surface area (Å²) < 4.78 is 24.4. The fraction of sp³-hybridized carbons (Fsp3) is 0.462. The topological polar surface area (TPSA) is 83.6 Å². The van der Waals surface area contributed by atoms with Crippen LogP contribution in [0.3, 0.4) is 0 Å². The van der Waals surface area contributed by atoms with E-state index in [9.17, 15) is 8.42 Å². The van der Waals surface area contributed by atoms with E-state index < -0.39 is 9.84 Å². The molecule has 1 atom stereocenters. The highest BCUT2D eigenvalue weighted by atomic mass is 32.2. The maximum absolute atomic E-state index is 12.2. The van der Waals surface area contributed by atoms with Crippen molar-refractivity contribution in [2.24, 2.45) is 5.73 Å². The molecule has 0 radical (unpaired) electrons. The van der Waals surface area contributed by atoms with Gasteiger partial charge in [-0.15, -0.1) is 0 Å². The number of benzene rings is 1. The summed E-state index contributed by atoms with van der Waals surface area (Å²) in [6.07, 6.45) is 0. The van der Waals surface area contributed by atoms with Gasteiger partial charge in [-0.25, -0.2) is 8.42 Å². The van der Waals surface area contributed by atoms with Gasteiger partial charge in [0.15, 0.2) is 9.84 Å². The van der Waals surface area contributed by atoms with E-state index in [-0.39, 0.29) is 28.3 Å². The fourth-order valence-corrected chi connectivity index (χ4v) is 3.02. The molecule has 0 aliphatic carbocycles. The molecule has 112 valence electrons. The molecule has 5 nitrogen and oxygen atoms in total. The Bertz CT molecular complexity index is 555. The highest BCUT2D eigenvalue weighted by molar-refractivity contribution is 7.91. The third kappa shape index (κ3) is 4.52. The van der Waals surface area contributed by atoms with E-state index in [2.05, 4.69) is 0 Å². The maximum atomic E-state index is 12.2. The first-order valence-electron chi connectivity index (χ1n) is 6.21.